The second-order valence-electron chi connectivity index (χ2n) is 5.09. The summed E-state index contributed by atoms with van der Waals surface area (Å²) in [6, 6.07) is 0. The largest absolute Gasteiger partial charge is 0.462 e. The van der Waals surface area contributed by atoms with Crippen LogP contribution in [0.25, 0.3) is 0 Å². The predicted molar refractivity (Wildman–Crippen MR) is 56.2 cm³/mol. The highest BCUT2D eigenvalue weighted by Crippen LogP contribution is 2.54. The van der Waals surface area contributed by atoms with Crippen molar-refractivity contribution in [2.75, 3.05) is 6.61 Å². The van der Waals surface area contributed by atoms with E-state index in [1.54, 1.807) is 6.92 Å². The predicted octanol–water partition coefficient (Wildman–Crippen LogP) is 1.81. The zero-order valence-electron chi connectivity index (χ0n) is 9.41. The number of fused-ring (bicyclic) bond motifs is 2. The van der Waals surface area contributed by atoms with Crippen LogP contribution in [-0.4, -0.2) is 23.5 Å². The number of ether oxygens (including phenoxy) is 1. The molecule has 2 aliphatic carbocycles. The average Bonchev–Trinajstić information content (AvgIpc) is 2.68. The van der Waals surface area contributed by atoms with Crippen LogP contribution < -0.4 is 0 Å². The van der Waals surface area contributed by atoms with E-state index in [2.05, 4.69) is 6.58 Å². The van der Waals surface area contributed by atoms with E-state index in [4.69, 9.17) is 4.74 Å². The van der Waals surface area contributed by atoms with Gasteiger partial charge >= 0.3 is 5.97 Å². The minimum absolute atomic E-state index is 0.151. The molecule has 0 radical (unpaired) electrons. The Morgan fingerprint density at radius 3 is 2.75 bits per heavy atom. The zero-order chi connectivity index (χ0) is 11.9. The molecule has 0 aliphatic heterocycles. The molecule has 2 aliphatic rings. The molecule has 2 fully saturated rings. The Bertz CT molecular complexity index is 324. The van der Waals surface area contributed by atoms with Crippen LogP contribution in [0, 0.1) is 17.8 Å². The molecule has 4 unspecified atom stereocenters. The molecular weight excluding hydrogens is 211 g/mol. The molecular formula is C12H17FO3. The summed E-state index contributed by atoms with van der Waals surface area (Å²) in [5.41, 5.74) is 0.380. The molecule has 2 bridgehead atoms. The molecule has 3 nitrogen and oxygen atoms in total. The quantitative estimate of drug-likeness (QED) is 0.592. The van der Waals surface area contributed by atoms with Crippen LogP contribution in [0.15, 0.2) is 12.2 Å². The third-order valence-corrected chi connectivity index (χ3v) is 3.79. The fraction of sp³-hybridized carbons (Fsp3) is 0.750. The van der Waals surface area contributed by atoms with Gasteiger partial charge in [-0.2, -0.15) is 0 Å². The Kier molecular flexibility index (Phi) is 2.78. The van der Waals surface area contributed by atoms with Crippen LogP contribution in [0.5, 0.6) is 0 Å². The van der Waals surface area contributed by atoms with Crippen molar-refractivity contribution < 1.29 is 19.0 Å². The van der Waals surface area contributed by atoms with Crippen LogP contribution in [0.3, 0.4) is 0 Å². The summed E-state index contributed by atoms with van der Waals surface area (Å²) in [5, 5.41) is 9.38. The lowest BCUT2D eigenvalue weighted by atomic mass is 9.86. The van der Waals surface area contributed by atoms with Crippen LogP contribution in [-0.2, 0) is 9.53 Å². The molecule has 0 aromatic carbocycles. The maximum Gasteiger partial charge on any atom is 0.333 e. The van der Waals surface area contributed by atoms with E-state index in [1.807, 2.05) is 0 Å². The number of carbonyl (C=O) groups excluding carboxylic acids is 1. The number of rotatable bonds is 3. The van der Waals surface area contributed by atoms with E-state index < -0.39 is 11.8 Å². The first kappa shape index (κ1) is 11.6. The lowest BCUT2D eigenvalue weighted by Gasteiger charge is -2.28. The summed E-state index contributed by atoms with van der Waals surface area (Å²) in [4.78, 5) is 11.2. The highest BCUT2D eigenvalue weighted by atomic mass is 19.2. The molecule has 0 aromatic heterocycles. The third kappa shape index (κ3) is 1.98. The van der Waals surface area contributed by atoms with Gasteiger partial charge in [0.05, 0.1) is 6.61 Å². The molecule has 90 valence electrons. The normalized spacial score (nSPS) is 41.1. The Morgan fingerprint density at radius 2 is 2.31 bits per heavy atom. The van der Waals surface area contributed by atoms with Gasteiger partial charge in [-0.3, -0.25) is 0 Å². The number of hydrogen-bond acceptors (Lipinski definition) is 3. The first-order chi connectivity index (χ1) is 7.40. The summed E-state index contributed by atoms with van der Waals surface area (Å²) in [6.07, 6.45) is 1.51. The molecule has 2 rings (SSSR count). The van der Waals surface area contributed by atoms with Gasteiger partial charge in [-0.05, 0) is 31.6 Å². The van der Waals surface area contributed by atoms with Crippen molar-refractivity contribution in [2.24, 2.45) is 17.8 Å². The molecule has 2 saturated carbocycles. The molecule has 0 heterocycles. The first-order valence-corrected chi connectivity index (χ1v) is 5.64. The van der Waals surface area contributed by atoms with Crippen LogP contribution >= 0.6 is 0 Å². The molecule has 1 N–H and O–H groups in total. The van der Waals surface area contributed by atoms with Crippen molar-refractivity contribution in [1.82, 2.24) is 0 Å². The smallest absolute Gasteiger partial charge is 0.333 e. The number of alkyl halides is 1. The third-order valence-electron chi connectivity index (χ3n) is 3.79. The van der Waals surface area contributed by atoms with Gasteiger partial charge in [0, 0.05) is 17.9 Å². The summed E-state index contributed by atoms with van der Waals surface area (Å²) < 4.78 is 18.5. The van der Waals surface area contributed by atoms with Gasteiger partial charge in [0.2, 0.25) is 5.85 Å². The molecule has 16 heavy (non-hydrogen) atoms. The van der Waals surface area contributed by atoms with E-state index in [0.29, 0.717) is 25.0 Å². The molecule has 4 atom stereocenters. The molecule has 0 spiro atoms. The SMILES string of the molecule is C=C(C)C(=O)OCC1CC2CC1CC2(O)F. The monoisotopic (exact) mass is 228 g/mol. The van der Waals surface area contributed by atoms with E-state index >= 15 is 0 Å². The van der Waals surface area contributed by atoms with Crippen molar-refractivity contribution >= 4 is 5.97 Å². The Morgan fingerprint density at radius 1 is 1.62 bits per heavy atom. The fourth-order valence-electron chi connectivity index (χ4n) is 2.87. The highest BCUT2D eigenvalue weighted by molar-refractivity contribution is 5.86. The van der Waals surface area contributed by atoms with E-state index in [0.717, 1.165) is 0 Å². The summed E-state index contributed by atoms with van der Waals surface area (Å²) in [5.74, 6) is -2.30. The molecule has 0 amide bonds. The molecule has 0 aromatic rings. The van der Waals surface area contributed by atoms with Crippen molar-refractivity contribution in [3.63, 3.8) is 0 Å². The lowest BCUT2D eigenvalue weighted by Crippen LogP contribution is -2.34. The molecule has 4 heteroatoms. The standard InChI is InChI=1S/C12H17FO3/c1-7(2)11(14)16-6-9-4-10-3-8(9)5-12(10,13)15/h8-10,15H,1,3-6H2,2H3. The first-order valence-electron chi connectivity index (χ1n) is 5.64. The number of hydrogen-bond donors (Lipinski definition) is 1. The topological polar surface area (TPSA) is 46.5 Å². The van der Waals surface area contributed by atoms with Crippen molar-refractivity contribution in [3.8, 4) is 0 Å². The Labute approximate surface area is 94.3 Å². The van der Waals surface area contributed by atoms with E-state index in [9.17, 15) is 14.3 Å². The van der Waals surface area contributed by atoms with Crippen molar-refractivity contribution in [1.29, 1.82) is 0 Å². The molecule has 0 saturated heterocycles. The summed E-state index contributed by atoms with van der Waals surface area (Å²) in [7, 11) is 0. The lowest BCUT2D eigenvalue weighted by molar-refractivity contribution is -0.148. The second kappa shape index (κ2) is 3.84. The van der Waals surface area contributed by atoms with Gasteiger partial charge in [-0.15, -0.1) is 0 Å². The average molecular weight is 228 g/mol. The van der Waals surface area contributed by atoms with Gasteiger partial charge in [0.25, 0.3) is 0 Å². The maximum absolute atomic E-state index is 13.4. The highest BCUT2D eigenvalue weighted by Gasteiger charge is 2.55. The van der Waals surface area contributed by atoms with Crippen LogP contribution in [0.1, 0.15) is 26.2 Å². The zero-order valence-corrected chi connectivity index (χ0v) is 9.41. The van der Waals surface area contributed by atoms with Gasteiger partial charge in [0.1, 0.15) is 0 Å². The fourth-order valence-corrected chi connectivity index (χ4v) is 2.87. The minimum Gasteiger partial charge on any atom is -0.462 e. The van der Waals surface area contributed by atoms with E-state index in [1.165, 1.54) is 0 Å². The van der Waals surface area contributed by atoms with Gasteiger partial charge in [0.15, 0.2) is 0 Å². The van der Waals surface area contributed by atoms with Crippen LogP contribution in [0.4, 0.5) is 4.39 Å². The number of carbonyl (C=O) groups is 1. The minimum atomic E-state index is -1.99. The van der Waals surface area contributed by atoms with E-state index in [-0.39, 0.29) is 24.2 Å². The number of aliphatic hydroxyl groups is 1. The van der Waals surface area contributed by atoms with Crippen LogP contribution in [0.2, 0.25) is 0 Å². The Hall–Kier alpha value is -0.900. The van der Waals surface area contributed by atoms with Crippen molar-refractivity contribution in [2.45, 2.75) is 32.0 Å². The summed E-state index contributed by atoms with van der Waals surface area (Å²) >= 11 is 0. The number of esters is 1. The van der Waals surface area contributed by atoms with Crippen molar-refractivity contribution in [3.05, 3.63) is 12.2 Å². The Balaban J connectivity index is 1.83. The summed E-state index contributed by atoms with van der Waals surface area (Å²) in [6.45, 7) is 5.42. The van der Waals surface area contributed by atoms with Gasteiger partial charge < -0.3 is 9.84 Å². The maximum atomic E-state index is 13.4. The second-order valence-corrected chi connectivity index (χ2v) is 5.09. The van der Waals surface area contributed by atoms with Gasteiger partial charge in [-0.25, -0.2) is 9.18 Å². The number of halogens is 1. The van der Waals surface area contributed by atoms with Gasteiger partial charge in [-0.1, -0.05) is 6.58 Å².